The molecule has 0 aromatic rings. The standard InChI is InChI=1S/C16H26O4/c1-10(2)8-19-15(17)13-6-12(5)14(7-13)16(18)20-9-11(3)4/h10-11,13H,6-9H2,1-5H3. The highest BCUT2D eigenvalue weighted by Gasteiger charge is 2.32. The van der Waals surface area contributed by atoms with E-state index in [4.69, 9.17) is 9.47 Å². The summed E-state index contributed by atoms with van der Waals surface area (Å²) in [7, 11) is 0. The van der Waals surface area contributed by atoms with Gasteiger partial charge in [-0.05, 0) is 31.6 Å². The monoisotopic (exact) mass is 282 g/mol. The third-order valence-electron chi connectivity index (χ3n) is 3.20. The van der Waals surface area contributed by atoms with Crippen molar-refractivity contribution in [1.29, 1.82) is 0 Å². The molecule has 0 aromatic carbocycles. The SMILES string of the molecule is CC1=C(C(=O)OCC(C)C)CC(C(=O)OCC(C)C)C1. The van der Waals surface area contributed by atoms with Gasteiger partial charge >= 0.3 is 11.9 Å². The van der Waals surface area contributed by atoms with E-state index in [1.165, 1.54) is 0 Å². The van der Waals surface area contributed by atoms with E-state index >= 15 is 0 Å². The molecule has 1 unspecified atom stereocenters. The van der Waals surface area contributed by atoms with Gasteiger partial charge in [0.1, 0.15) is 0 Å². The molecule has 0 radical (unpaired) electrons. The fraction of sp³-hybridized carbons (Fsp3) is 0.750. The Morgan fingerprint density at radius 3 is 2.15 bits per heavy atom. The van der Waals surface area contributed by atoms with Gasteiger partial charge in [-0.2, -0.15) is 0 Å². The first-order chi connectivity index (χ1) is 9.31. The van der Waals surface area contributed by atoms with Crippen molar-refractivity contribution in [2.75, 3.05) is 13.2 Å². The summed E-state index contributed by atoms with van der Waals surface area (Å²) in [4.78, 5) is 23.9. The van der Waals surface area contributed by atoms with Gasteiger partial charge in [-0.1, -0.05) is 33.3 Å². The van der Waals surface area contributed by atoms with E-state index in [0.717, 1.165) is 5.57 Å². The molecule has 0 bridgehead atoms. The first-order valence-corrected chi connectivity index (χ1v) is 7.33. The van der Waals surface area contributed by atoms with Crippen LogP contribution in [0.4, 0.5) is 0 Å². The van der Waals surface area contributed by atoms with Gasteiger partial charge in [0, 0.05) is 5.57 Å². The van der Waals surface area contributed by atoms with Gasteiger partial charge < -0.3 is 9.47 Å². The van der Waals surface area contributed by atoms with Crippen LogP contribution < -0.4 is 0 Å². The van der Waals surface area contributed by atoms with Gasteiger partial charge in [-0.25, -0.2) is 4.79 Å². The summed E-state index contributed by atoms with van der Waals surface area (Å²) in [6.45, 7) is 10.7. The molecule has 0 amide bonds. The van der Waals surface area contributed by atoms with Crippen molar-refractivity contribution in [3.63, 3.8) is 0 Å². The Labute approximate surface area is 121 Å². The minimum atomic E-state index is -0.282. The van der Waals surface area contributed by atoms with E-state index in [2.05, 4.69) is 0 Å². The minimum absolute atomic E-state index is 0.204. The van der Waals surface area contributed by atoms with Crippen molar-refractivity contribution in [3.8, 4) is 0 Å². The lowest BCUT2D eigenvalue weighted by molar-refractivity contribution is -0.149. The van der Waals surface area contributed by atoms with Crippen molar-refractivity contribution in [1.82, 2.24) is 0 Å². The van der Waals surface area contributed by atoms with E-state index in [-0.39, 0.29) is 17.9 Å². The van der Waals surface area contributed by atoms with Crippen molar-refractivity contribution >= 4 is 11.9 Å². The van der Waals surface area contributed by atoms with E-state index in [1.54, 1.807) is 0 Å². The molecule has 0 saturated carbocycles. The average Bonchev–Trinajstić information content (AvgIpc) is 2.75. The topological polar surface area (TPSA) is 52.6 Å². The second-order valence-corrected chi connectivity index (χ2v) is 6.38. The van der Waals surface area contributed by atoms with Gasteiger partial charge in [0.25, 0.3) is 0 Å². The number of rotatable bonds is 6. The van der Waals surface area contributed by atoms with Gasteiger partial charge in [-0.3, -0.25) is 4.79 Å². The molecule has 4 nitrogen and oxygen atoms in total. The van der Waals surface area contributed by atoms with Crippen LogP contribution in [-0.4, -0.2) is 25.2 Å². The van der Waals surface area contributed by atoms with Crippen LogP contribution in [0, 0.1) is 17.8 Å². The van der Waals surface area contributed by atoms with Crippen molar-refractivity contribution in [3.05, 3.63) is 11.1 Å². The molecule has 1 rings (SSSR count). The summed E-state index contributed by atoms with van der Waals surface area (Å²) < 4.78 is 10.5. The zero-order valence-electron chi connectivity index (χ0n) is 13.2. The predicted molar refractivity (Wildman–Crippen MR) is 77.0 cm³/mol. The fourth-order valence-corrected chi connectivity index (χ4v) is 2.11. The number of carbonyl (C=O) groups is 2. The maximum atomic E-state index is 12.0. The predicted octanol–water partition coefficient (Wildman–Crippen LogP) is 3.11. The zero-order valence-corrected chi connectivity index (χ0v) is 13.2. The van der Waals surface area contributed by atoms with Gasteiger partial charge in [0.05, 0.1) is 19.1 Å². The third-order valence-corrected chi connectivity index (χ3v) is 3.20. The Balaban J connectivity index is 2.50. The number of esters is 2. The molecule has 0 N–H and O–H groups in total. The maximum absolute atomic E-state index is 12.0. The van der Waals surface area contributed by atoms with Crippen LogP contribution in [-0.2, 0) is 19.1 Å². The molecule has 1 aliphatic rings. The molecular weight excluding hydrogens is 256 g/mol. The summed E-state index contributed by atoms with van der Waals surface area (Å²) in [6, 6.07) is 0. The first-order valence-electron chi connectivity index (χ1n) is 7.33. The Bertz CT molecular complexity index is 393. The molecule has 0 heterocycles. The normalized spacial score (nSPS) is 18.9. The van der Waals surface area contributed by atoms with Crippen molar-refractivity contribution in [2.45, 2.75) is 47.5 Å². The second-order valence-electron chi connectivity index (χ2n) is 6.38. The molecule has 20 heavy (non-hydrogen) atoms. The van der Waals surface area contributed by atoms with Crippen molar-refractivity contribution in [2.24, 2.45) is 17.8 Å². The molecule has 0 spiro atoms. The molecule has 1 aliphatic carbocycles. The Hall–Kier alpha value is -1.32. The van der Waals surface area contributed by atoms with E-state index in [1.807, 2.05) is 34.6 Å². The number of hydrogen-bond acceptors (Lipinski definition) is 4. The lowest BCUT2D eigenvalue weighted by Crippen LogP contribution is -2.19. The third kappa shape index (κ3) is 4.99. The summed E-state index contributed by atoms with van der Waals surface area (Å²) in [6.07, 6.45) is 1.04. The van der Waals surface area contributed by atoms with E-state index in [0.29, 0.717) is 43.5 Å². The van der Waals surface area contributed by atoms with Gasteiger partial charge in [-0.15, -0.1) is 0 Å². The fourth-order valence-electron chi connectivity index (χ4n) is 2.11. The highest BCUT2D eigenvalue weighted by Crippen LogP contribution is 2.33. The van der Waals surface area contributed by atoms with Crippen LogP contribution in [0.1, 0.15) is 47.5 Å². The molecule has 4 heteroatoms. The second kappa shape index (κ2) is 7.46. The van der Waals surface area contributed by atoms with Crippen LogP contribution in [0.3, 0.4) is 0 Å². The average molecular weight is 282 g/mol. The molecule has 0 fully saturated rings. The number of carbonyl (C=O) groups excluding carboxylic acids is 2. The molecular formula is C16H26O4. The number of hydrogen-bond donors (Lipinski definition) is 0. The summed E-state index contributed by atoms with van der Waals surface area (Å²) in [5, 5.41) is 0. The minimum Gasteiger partial charge on any atom is -0.465 e. The lowest BCUT2D eigenvalue weighted by atomic mass is 10.1. The van der Waals surface area contributed by atoms with Gasteiger partial charge in [0.15, 0.2) is 0 Å². The van der Waals surface area contributed by atoms with E-state index < -0.39 is 0 Å². The first kappa shape index (κ1) is 16.7. The Morgan fingerprint density at radius 2 is 1.60 bits per heavy atom. The summed E-state index contributed by atoms with van der Waals surface area (Å²) in [5.41, 5.74) is 1.60. The van der Waals surface area contributed by atoms with E-state index in [9.17, 15) is 9.59 Å². The highest BCUT2D eigenvalue weighted by molar-refractivity contribution is 5.91. The van der Waals surface area contributed by atoms with Crippen LogP contribution in [0.15, 0.2) is 11.1 Å². The largest absolute Gasteiger partial charge is 0.465 e. The molecule has 0 aromatic heterocycles. The summed E-state index contributed by atoms with van der Waals surface area (Å²) >= 11 is 0. The molecule has 0 aliphatic heterocycles. The molecule has 0 saturated heterocycles. The number of ether oxygens (including phenoxy) is 2. The van der Waals surface area contributed by atoms with Crippen molar-refractivity contribution < 1.29 is 19.1 Å². The van der Waals surface area contributed by atoms with Gasteiger partial charge in [0.2, 0.25) is 0 Å². The zero-order chi connectivity index (χ0) is 15.3. The lowest BCUT2D eigenvalue weighted by Gasteiger charge is -2.12. The molecule has 1 atom stereocenters. The smallest absolute Gasteiger partial charge is 0.333 e. The maximum Gasteiger partial charge on any atom is 0.333 e. The van der Waals surface area contributed by atoms with Crippen LogP contribution in [0.25, 0.3) is 0 Å². The molecule has 114 valence electrons. The Morgan fingerprint density at radius 1 is 1.05 bits per heavy atom. The Kier molecular flexibility index (Phi) is 6.24. The van der Waals surface area contributed by atoms with Crippen LogP contribution in [0.2, 0.25) is 0 Å². The number of allylic oxidation sites excluding steroid dienone is 1. The quantitative estimate of drug-likeness (QED) is 0.702. The van der Waals surface area contributed by atoms with Crippen LogP contribution >= 0.6 is 0 Å². The summed E-state index contributed by atoms with van der Waals surface area (Å²) in [5.74, 6) is -0.0756. The highest BCUT2D eigenvalue weighted by atomic mass is 16.5. The van der Waals surface area contributed by atoms with Crippen LogP contribution in [0.5, 0.6) is 0 Å².